The number of carbonyl (C=O) groups is 2. The third-order valence-corrected chi connectivity index (χ3v) is 9.27. The predicted octanol–water partition coefficient (Wildman–Crippen LogP) is 5.16. The molecule has 168 valence electrons. The molecule has 0 unspecified atom stereocenters. The van der Waals surface area contributed by atoms with Crippen molar-refractivity contribution in [3.8, 4) is 0 Å². The molecule has 6 rings (SSSR count). The fraction of sp³-hybridized carbons (Fsp3) is 0.923. The number of hydrogen-bond donors (Lipinski definition) is 0. The molecule has 4 saturated carbocycles. The van der Waals surface area contributed by atoms with Crippen molar-refractivity contribution in [2.75, 3.05) is 26.2 Å². The summed E-state index contributed by atoms with van der Waals surface area (Å²) in [4.78, 5) is 31.0. The van der Waals surface area contributed by atoms with E-state index >= 15 is 0 Å². The van der Waals surface area contributed by atoms with Gasteiger partial charge < -0.3 is 9.80 Å². The Bertz CT molecular complexity index is 577. The third kappa shape index (κ3) is 4.30. The summed E-state index contributed by atoms with van der Waals surface area (Å²) in [7, 11) is 0. The summed E-state index contributed by atoms with van der Waals surface area (Å²) in [6, 6.07) is 0. The Morgan fingerprint density at radius 1 is 0.600 bits per heavy atom. The second kappa shape index (κ2) is 8.47. The van der Waals surface area contributed by atoms with Gasteiger partial charge in [-0.2, -0.15) is 0 Å². The summed E-state index contributed by atoms with van der Waals surface area (Å²) in [5.41, 5.74) is 0.402. The van der Waals surface area contributed by atoms with Gasteiger partial charge in [-0.15, -0.1) is 0 Å². The van der Waals surface area contributed by atoms with Crippen LogP contribution in [0.2, 0.25) is 0 Å². The largest absolute Gasteiger partial charge is 0.343 e. The van der Waals surface area contributed by atoms with Crippen LogP contribution in [-0.2, 0) is 9.59 Å². The molecular formula is C26H42N2O2. The molecule has 4 nitrogen and oxygen atoms in total. The normalized spacial score (nSPS) is 38.9. The van der Waals surface area contributed by atoms with Gasteiger partial charge in [0.1, 0.15) is 0 Å². The fourth-order valence-corrected chi connectivity index (χ4v) is 8.57. The van der Waals surface area contributed by atoms with Crippen LogP contribution in [0.4, 0.5) is 0 Å². The monoisotopic (exact) mass is 414 g/mol. The van der Waals surface area contributed by atoms with Crippen LogP contribution in [0.25, 0.3) is 0 Å². The minimum absolute atomic E-state index is 0.201. The van der Waals surface area contributed by atoms with Gasteiger partial charge in [-0.05, 0) is 86.9 Å². The van der Waals surface area contributed by atoms with Crippen LogP contribution < -0.4 is 0 Å². The lowest BCUT2D eigenvalue weighted by Gasteiger charge is -2.62. The van der Waals surface area contributed by atoms with E-state index in [2.05, 4.69) is 9.80 Å². The third-order valence-electron chi connectivity index (χ3n) is 9.27. The molecule has 2 heterocycles. The zero-order chi connectivity index (χ0) is 20.6. The molecule has 6 fully saturated rings. The van der Waals surface area contributed by atoms with Crippen molar-refractivity contribution >= 4 is 11.8 Å². The Balaban J connectivity index is 1.28. The quantitative estimate of drug-likeness (QED) is 0.638. The van der Waals surface area contributed by atoms with Gasteiger partial charge in [0.15, 0.2) is 0 Å². The van der Waals surface area contributed by atoms with Gasteiger partial charge in [0.05, 0.1) is 0 Å². The lowest BCUT2D eigenvalue weighted by Crippen LogP contribution is -2.54. The van der Waals surface area contributed by atoms with Crippen molar-refractivity contribution in [2.24, 2.45) is 22.7 Å². The molecule has 0 spiro atoms. The van der Waals surface area contributed by atoms with Crippen molar-refractivity contribution in [1.29, 1.82) is 0 Å². The SMILES string of the molecule is O=C(CC12CC3CC(C1)CC(CC(=O)N1CCCCCC1)(C3)C2)N1CCCCCC1. The molecule has 4 aliphatic carbocycles. The first-order valence-corrected chi connectivity index (χ1v) is 13.1. The second-order valence-electron chi connectivity index (χ2n) is 11.9. The maximum absolute atomic E-state index is 13.3. The highest BCUT2D eigenvalue weighted by Gasteiger charge is 2.58. The molecule has 4 bridgehead atoms. The van der Waals surface area contributed by atoms with Crippen LogP contribution >= 0.6 is 0 Å². The first kappa shape index (κ1) is 20.8. The molecule has 6 aliphatic rings. The molecule has 0 N–H and O–H groups in total. The van der Waals surface area contributed by atoms with Gasteiger partial charge in [0, 0.05) is 39.0 Å². The Kier molecular flexibility index (Phi) is 5.88. The molecule has 0 radical (unpaired) electrons. The molecule has 0 atom stereocenters. The average molecular weight is 415 g/mol. The smallest absolute Gasteiger partial charge is 0.223 e. The Morgan fingerprint density at radius 3 is 1.33 bits per heavy atom. The number of carbonyl (C=O) groups excluding carboxylic acids is 2. The van der Waals surface area contributed by atoms with Gasteiger partial charge in [0.25, 0.3) is 0 Å². The Hall–Kier alpha value is -1.06. The van der Waals surface area contributed by atoms with Crippen LogP contribution in [-0.4, -0.2) is 47.8 Å². The molecule has 0 aromatic heterocycles. The number of rotatable bonds is 4. The zero-order valence-corrected chi connectivity index (χ0v) is 19.0. The molecule has 4 heteroatoms. The van der Waals surface area contributed by atoms with E-state index < -0.39 is 0 Å². The van der Waals surface area contributed by atoms with Crippen molar-refractivity contribution in [1.82, 2.24) is 9.80 Å². The summed E-state index contributed by atoms with van der Waals surface area (Å²) in [6.07, 6.45) is 18.9. The zero-order valence-electron chi connectivity index (χ0n) is 19.0. The number of nitrogens with zero attached hydrogens (tertiary/aromatic N) is 2. The van der Waals surface area contributed by atoms with Gasteiger partial charge in [-0.3, -0.25) is 9.59 Å². The van der Waals surface area contributed by atoms with E-state index in [-0.39, 0.29) is 10.8 Å². The minimum atomic E-state index is 0.201. The summed E-state index contributed by atoms with van der Waals surface area (Å²) in [6.45, 7) is 3.89. The Labute approximate surface area is 183 Å². The van der Waals surface area contributed by atoms with E-state index in [1.54, 1.807) is 0 Å². The van der Waals surface area contributed by atoms with Gasteiger partial charge >= 0.3 is 0 Å². The van der Waals surface area contributed by atoms with Crippen molar-refractivity contribution in [3.63, 3.8) is 0 Å². The first-order chi connectivity index (χ1) is 14.5. The molecular weight excluding hydrogens is 372 g/mol. The number of likely N-dealkylation sites (tertiary alicyclic amines) is 2. The molecule has 2 saturated heterocycles. The fourth-order valence-electron chi connectivity index (χ4n) is 8.57. The summed E-state index contributed by atoms with van der Waals surface area (Å²) < 4.78 is 0. The van der Waals surface area contributed by atoms with Crippen LogP contribution in [0.1, 0.15) is 103 Å². The summed E-state index contributed by atoms with van der Waals surface area (Å²) in [5, 5.41) is 0. The van der Waals surface area contributed by atoms with Crippen molar-refractivity contribution in [2.45, 2.75) is 103 Å². The molecule has 2 aliphatic heterocycles. The van der Waals surface area contributed by atoms with E-state index in [1.165, 1.54) is 83.5 Å². The van der Waals surface area contributed by atoms with Crippen LogP contribution in [0.15, 0.2) is 0 Å². The van der Waals surface area contributed by atoms with Crippen LogP contribution in [0, 0.1) is 22.7 Å². The highest BCUT2D eigenvalue weighted by Crippen LogP contribution is 2.67. The maximum Gasteiger partial charge on any atom is 0.223 e. The van der Waals surface area contributed by atoms with Gasteiger partial charge in [-0.1, -0.05) is 25.7 Å². The van der Waals surface area contributed by atoms with Gasteiger partial charge in [-0.25, -0.2) is 0 Å². The van der Waals surface area contributed by atoms with Crippen LogP contribution in [0.5, 0.6) is 0 Å². The summed E-state index contributed by atoms with van der Waals surface area (Å²) in [5.74, 6) is 2.38. The molecule has 30 heavy (non-hydrogen) atoms. The molecule has 0 aromatic rings. The molecule has 0 aromatic carbocycles. The minimum Gasteiger partial charge on any atom is -0.343 e. The summed E-state index contributed by atoms with van der Waals surface area (Å²) >= 11 is 0. The predicted molar refractivity (Wildman–Crippen MR) is 119 cm³/mol. The van der Waals surface area contributed by atoms with E-state index in [0.717, 1.165) is 57.3 Å². The van der Waals surface area contributed by atoms with Crippen molar-refractivity contribution < 1.29 is 9.59 Å². The second-order valence-corrected chi connectivity index (χ2v) is 11.9. The standard InChI is InChI=1S/C26H42N2O2/c29-23(27-9-5-1-2-6-10-27)18-25-14-21-13-22(15-25)17-26(16-21,20-25)19-24(30)28-11-7-3-4-8-12-28/h21-22H,1-20H2. The number of hydrogen-bond acceptors (Lipinski definition) is 2. The average Bonchev–Trinajstić information content (AvgIpc) is 3.12. The van der Waals surface area contributed by atoms with Gasteiger partial charge in [0.2, 0.25) is 11.8 Å². The topological polar surface area (TPSA) is 40.6 Å². The number of amides is 2. The van der Waals surface area contributed by atoms with E-state index in [1.807, 2.05) is 0 Å². The van der Waals surface area contributed by atoms with E-state index in [9.17, 15) is 9.59 Å². The lowest BCUT2D eigenvalue weighted by molar-refractivity contribution is -0.154. The Morgan fingerprint density at radius 2 is 0.967 bits per heavy atom. The highest BCUT2D eigenvalue weighted by molar-refractivity contribution is 5.78. The first-order valence-electron chi connectivity index (χ1n) is 13.1. The van der Waals surface area contributed by atoms with E-state index in [0.29, 0.717) is 11.8 Å². The lowest BCUT2D eigenvalue weighted by atomic mass is 9.43. The highest BCUT2D eigenvalue weighted by atomic mass is 16.2. The van der Waals surface area contributed by atoms with Crippen molar-refractivity contribution in [3.05, 3.63) is 0 Å². The molecule has 2 amide bonds. The van der Waals surface area contributed by atoms with Crippen LogP contribution in [0.3, 0.4) is 0 Å². The van der Waals surface area contributed by atoms with E-state index in [4.69, 9.17) is 0 Å². The maximum atomic E-state index is 13.3.